The summed E-state index contributed by atoms with van der Waals surface area (Å²) in [4.78, 5) is 12.4. The van der Waals surface area contributed by atoms with Gasteiger partial charge in [-0.25, -0.2) is 0 Å². The Morgan fingerprint density at radius 3 is 2.55 bits per heavy atom. The molecule has 2 N–H and O–H groups in total. The van der Waals surface area contributed by atoms with Crippen molar-refractivity contribution in [3.05, 3.63) is 65.2 Å². The normalized spacial score (nSPS) is 10.9. The molecule has 158 valence electrons. The summed E-state index contributed by atoms with van der Waals surface area (Å²) in [5.74, 6) is 0.851. The molecule has 4 rings (SSSR count). The Kier molecular flexibility index (Phi) is 6.58. The highest BCUT2D eigenvalue weighted by molar-refractivity contribution is 7.99. The monoisotopic (exact) mass is 452 g/mol. The maximum atomic E-state index is 12.4. The standard InChI is InChI=1S/C21H20N6O2S2/c1-2-18-23-25-20(31-18)22-17(29)13-30-21-26-24-19(15-8-10-16(28)11-9-15)27(21)12-14-6-4-3-5-7-14/h3-11,28H,2,12-13H2,1H3,(H,22,25,29). The Hall–Kier alpha value is -3.24. The molecule has 4 aromatic rings. The molecule has 0 atom stereocenters. The van der Waals surface area contributed by atoms with Crippen LogP contribution < -0.4 is 5.32 Å². The Bertz CT molecular complexity index is 1160. The molecule has 0 bridgehead atoms. The van der Waals surface area contributed by atoms with Gasteiger partial charge in [-0.15, -0.1) is 20.4 Å². The van der Waals surface area contributed by atoms with Gasteiger partial charge in [-0.3, -0.25) is 14.7 Å². The van der Waals surface area contributed by atoms with Gasteiger partial charge >= 0.3 is 0 Å². The number of benzene rings is 2. The van der Waals surface area contributed by atoms with Crippen LogP contribution in [-0.2, 0) is 17.8 Å². The number of nitrogens with one attached hydrogen (secondary N) is 1. The maximum Gasteiger partial charge on any atom is 0.236 e. The maximum absolute atomic E-state index is 12.4. The molecule has 0 aliphatic heterocycles. The number of carbonyl (C=O) groups is 1. The molecule has 0 radical (unpaired) electrons. The van der Waals surface area contributed by atoms with Crippen LogP contribution in [0.15, 0.2) is 59.8 Å². The van der Waals surface area contributed by atoms with Crippen molar-refractivity contribution in [3.8, 4) is 17.1 Å². The molecule has 0 spiro atoms. The molecule has 0 saturated heterocycles. The highest BCUT2D eigenvalue weighted by Crippen LogP contribution is 2.27. The summed E-state index contributed by atoms with van der Waals surface area (Å²) >= 11 is 2.68. The first-order valence-electron chi connectivity index (χ1n) is 9.64. The van der Waals surface area contributed by atoms with Crippen LogP contribution in [0.25, 0.3) is 11.4 Å². The average molecular weight is 453 g/mol. The minimum Gasteiger partial charge on any atom is -0.508 e. The molecule has 2 aromatic carbocycles. The first-order valence-corrected chi connectivity index (χ1v) is 11.4. The van der Waals surface area contributed by atoms with E-state index in [0.717, 1.165) is 22.6 Å². The molecule has 0 aliphatic rings. The fourth-order valence-electron chi connectivity index (χ4n) is 2.86. The number of aromatic nitrogens is 5. The summed E-state index contributed by atoms with van der Waals surface area (Å²) in [7, 11) is 0. The van der Waals surface area contributed by atoms with E-state index in [1.54, 1.807) is 24.3 Å². The Morgan fingerprint density at radius 1 is 1.06 bits per heavy atom. The van der Waals surface area contributed by atoms with Crippen molar-refractivity contribution in [1.82, 2.24) is 25.0 Å². The van der Waals surface area contributed by atoms with Gasteiger partial charge in [-0.05, 0) is 36.2 Å². The zero-order valence-electron chi connectivity index (χ0n) is 16.7. The van der Waals surface area contributed by atoms with E-state index in [1.165, 1.54) is 23.1 Å². The molecular formula is C21H20N6O2S2. The molecule has 10 heteroatoms. The van der Waals surface area contributed by atoms with Crippen LogP contribution in [0, 0.1) is 0 Å². The fraction of sp³-hybridized carbons (Fsp3) is 0.190. The number of phenolic OH excluding ortho intramolecular Hbond substituents is 1. The van der Waals surface area contributed by atoms with Crippen LogP contribution in [-0.4, -0.2) is 41.7 Å². The van der Waals surface area contributed by atoms with Gasteiger partial charge in [-0.1, -0.05) is 60.4 Å². The third-order valence-electron chi connectivity index (χ3n) is 4.37. The summed E-state index contributed by atoms with van der Waals surface area (Å²) in [5, 5.41) is 31.0. The van der Waals surface area contributed by atoms with Gasteiger partial charge in [-0.2, -0.15) is 0 Å². The lowest BCUT2D eigenvalue weighted by atomic mass is 10.2. The van der Waals surface area contributed by atoms with Crippen molar-refractivity contribution in [2.24, 2.45) is 0 Å². The molecule has 0 aliphatic carbocycles. The first kappa shape index (κ1) is 21.0. The molecule has 2 aromatic heterocycles. The van der Waals surface area contributed by atoms with Gasteiger partial charge in [0.25, 0.3) is 0 Å². The molecule has 0 fully saturated rings. The van der Waals surface area contributed by atoms with Crippen molar-refractivity contribution >= 4 is 34.1 Å². The van der Waals surface area contributed by atoms with Gasteiger partial charge in [0.2, 0.25) is 11.0 Å². The number of anilines is 1. The highest BCUT2D eigenvalue weighted by Gasteiger charge is 2.17. The molecule has 31 heavy (non-hydrogen) atoms. The van der Waals surface area contributed by atoms with Crippen molar-refractivity contribution < 1.29 is 9.90 Å². The van der Waals surface area contributed by atoms with Gasteiger partial charge in [0.05, 0.1) is 12.3 Å². The van der Waals surface area contributed by atoms with E-state index < -0.39 is 0 Å². The molecule has 0 unspecified atom stereocenters. The molecule has 0 saturated carbocycles. The van der Waals surface area contributed by atoms with E-state index >= 15 is 0 Å². The zero-order valence-corrected chi connectivity index (χ0v) is 18.4. The van der Waals surface area contributed by atoms with Crippen LogP contribution in [0.4, 0.5) is 5.13 Å². The minimum absolute atomic E-state index is 0.170. The average Bonchev–Trinajstić information content (AvgIpc) is 3.40. The van der Waals surface area contributed by atoms with Crippen molar-refractivity contribution in [2.75, 3.05) is 11.1 Å². The Labute approximate surface area is 187 Å². The zero-order chi connectivity index (χ0) is 21.6. The number of hydrogen-bond acceptors (Lipinski definition) is 8. The number of rotatable bonds is 8. The van der Waals surface area contributed by atoms with Gasteiger partial charge in [0, 0.05) is 5.56 Å². The number of aromatic hydroxyl groups is 1. The predicted molar refractivity (Wildman–Crippen MR) is 121 cm³/mol. The number of carbonyl (C=O) groups excluding carboxylic acids is 1. The second-order valence-corrected chi connectivity index (χ2v) is 8.62. The number of thioether (sulfide) groups is 1. The highest BCUT2D eigenvalue weighted by atomic mass is 32.2. The van der Waals surface area contributed by atoms with Gasteiger partial charge in [0.15, 0.2) is 11.0 Å². The van der Waals surface area contributed by atoms with E-state index in [4.69, 9.17) is 0 Å². The largest absolute Gasteiger partial charge is 0.508 e. The topological polar surface area (TPSA) is 106 Å². The summed E-state index contributed by atoms with van der Waals surface area (Å²) in [5.41, 5.74) is 1.92. The first-order chi connectivity index (χ1) is 15.1. The van der Waals surface area contributed by atoms with Crippen LogP contribution in [0.3, 0.4) is 0 Å². The summed E-state index contributed by atoms with van der Waals surface area (Å²) in [6.45, 7) is 2.55. The van der Waals surface area contributed by atoms with E-state index in [0.29, 0.717) is 22.7 Å². The molecule has 1 amide bonds. The lowest BCUT2D eigenvalue weighted by Gasteiger charge is -2.10. The number of amides is 1. The summed E-state index contributed by atoms with van der Waals surface area (Å²) in [6, 6.07) is 16.8. The van der Waals surface area contributed by atoms with Gasteiger partial charge < -0.3 is 5.11 Å². The smallest absolute Gasteiger partial charge is 0.236 e. The van der Waals surface area contributed by atoms with E-state index in [9.17, 15) is 9.90 Å². The molecule has 8 nitrogen and oxygen atoms in total. The second kappa shape index (κ2) is 9.71. The van der Waals surface area contributed by atoms with E-state index in [2.05, 4.69) is 25.7 Å². The van der Waals surface area contributed by atoms with E-state index in [1.807, 2.05) is 41.8 Å². The fourth-order valence-corrected chi connectivity index (χ4v) is 4.29. The van der Waals surface area contributed by atoms with Gasteiger partial charge in [0.1, 0.15) is 10.8 Å². The number of nitrogens with zero attached hydrogens (tertiary/aromatic N) is 5. The van der Waals surface area contributed by atoms with Crippen LogP contribution in [0.1, 0.15) is 17.5 Å². The van der Waals surface area contributed by atoms with Crippen LogP contribution in [0.2, 0.25) is 0 Å². The SMILES string of the molecule is CCc1nnc(NC(=O)CSc2nnc(-c3ccc(O)cc3)n2Cc2ccccc2)s1. The van der Waals surface area contributed by atoms with Crippen LogP contribution >= 0.6 is 23.1 Å². The summed E-state index contributed by atoms with van der Waals surface area (Å²) in [6.07, 6.45) is 0.783. The third-order valence-corrected chi connectivity index (χ3v) is 6.32. The summed E-state index contributed by atoms with van der Waals surface area (Å²) < 4.78 is 1.97. The van der Waals surface area contributed by atoms with Crippen molar-refractivity contribution in [3.63, 3.8) is 0 Å². The minimum atomic E-state index is -0.177. The lowest BCUT2D eigenvalue weighted by Crippen LogP contribution is -2.14. The predicted octanol–water partition coefficient (Wildman–Crippen LogP) is 3.84. The number of aryl methyl sites for hydroxylation is 1. The quantitative estimate of drug-likeness (QED) is 0.391. The lowest BCUT2D eigenvalue weighted by molar-refractivity contribution is -0.113. The second-order valence-electron chi connectivity index (χ2n) is 6.62. The van der Waals surface area contributed by atoms with Crippen molar-refractivity contribution in [1.29, 1.82) is 0 Å². The Balaban J connectivity index is 1.53. The molecule has 2 heterocycles. The number of phenols is 1. The Morgan fingerprint density at radius 2 is 1.84 bits per heavy atom. The third kappa shape index (κ3) is 5.28. The molecular weight excluding hydrogens is 432 g/mol. The number of hydrogen-bond donors (Lipinski definition) is 2. The van der Waals surface area contributed by atoms with Crippen LogP contribution in [0.5, 0.6) is 5.75 Å². The van der Waals surface area contributed by atoms with E-state index in [-0.39, 0.29) is 17.4 Å². The van der Waals surface area contributed by atoms with Crippen molar-refractivity contribution in [2.45, 2.75) is 25.0 Å².